The Balaban J connectivity index is 1.02. The smallest absolute Gasteiger partial charge is 0.251 e. The first kappa shape index (κ1) is 25.5. The van der Waals surface area contributed by atoms with E-state index in [0.29, 0.717) is 29.3 Å². The number of nitrogens with one attached hydrogen (secondary N) is 1. The van der Waals surface area contributed by atoms with E-state index in [4.69, 9.17) is 5.26 Å². The summed E-state index contributed by atoms with van der Waals surface area (Å²) in [6.07, 6.45) is 4.10. The molecular weight excluding hydrogens is 470 g/mol. The summed E-state index contributed by atoms with van der Waals surface area (Å²) >= 11 is 0. The number of amides is 1. The maximum atomic E-state index is 12.5. The number of nitriles is 1. The van der Waals surface area contributed by atoms with E-state index in [2.05, 4.69) is 28.4 Å². The number of likely N-dealkylation sites (tertiary alicyclic amines) is 1. The Morgan fingerprint density at radius 1 is 0.895 bits per heavy atom. The highest BCUT2D eigenvalue weighted by Gasteiger charge is 2.23. The van der Waals surface area contributed by atoms with Gasteiger partial charge in [0.05, 0.1) is 11.6 Å². The zero-order chi connectivity index (χ0) is 26.3. The molecule has 1 aliphatic rings. The van der Waals surface area contributed by atoms with Crippen molar-refractivity contribution in [3.63, 3.8) is 0 Å². The fourth-order valence-corrected chi connectivity index (χ4v) is 5.38. The van der Waals surface area contributed by atoms with Crippen LogP contribution in [-0.4, -0.2) is 42.1 Å². The number of piperidine rings is 1. The third-order valence-corrected chi connectivity index (χ3v) is 7.64. The molecule has 1 saturated heterocycles. The molecular formula is C33H33N3O2. The monoisotopic (exact) mass is 503 g/mol. The lowest BCUT2D eigenvalue weighted by Gasteiger charge is -2.32. The SMILES string of the molecule is N#Cc1ccc(-c2ccc(C(=O)NCCCCN3CCC(c4ccc5ccccc5c4O)CC3)cc2)cc1. The van der Waals surface area contributed by atoms with E-state index in [1.807, 2.05) is 60.7 Å². The first-order valence-corrected chi connectivity index (χ1v) is 13.4. The molecule has 0 aromatic heterocycles. The van der Waals surface area contributed by atoms with Gasteiger partial charge in [0.2, 0.25) is 0 Å². The van der Waals surface area contributed by atoms with Crippen molar-refractivity contribution in [3.8, 4) is 22.9 Å². The highest BCUT2D eigenvalue weighted by atomic mass is 16.3. The summed E-state index contributed by atoms with van der Waals surface area (Å²) in [5.74, 6) is 0.798. The number of phenols is 1. The predicted molar refractivity (Wildman–Crippen MR) is 152 cm³/mol. The van der Waals surface area contributed by atoms with Crippen molar-refractivity contribution in [2.45, 2.75) is 31.6 Å². The Morgan fingerprint density at radius 3 is 2.29 bits per heavy atom. The van der Waals surface area contributed by atoms with Crippen LogP contribution in [0.15, 0.2) is 84.9 Å². The third-order valence-electron chi connectivity index (χ3n) is 7.64. The molecule has 0 unspecified atom stereocenters. The molecule has 0 radical (unpaired) electrons. The fourth-order valence-electron chi connectivity index (χ4n) is 5.38. The van der Waals surface area contributed by atoms with Gasteiger partial charge in [0.1, 0.15) is 5.75 Å². The molecule has 5 nitrogen and oxygen atoms in total. The fraction of sp³-hybridized carbons (Fsp3) is 0.273. The van der Waals surface area contributed by atoms with Gasteiger partial charge in [-0.3, -0.25) is 4.79 Å². The number of benzene rings is 4. The molecule has 2 N–H and O–H groups in total. The van der Waals surface area contributed by atoms with Crippen molar-refractivity contribution in [3.05, 3.63) is 102 Å². The summed E-state index contributed by atoms with van der Waals surface area (Å²) in [6, 6.07) is 29.4. The van der Waals surface area contributed by atoms with E-state index >= 15 is 0 Å². The van der Waals surface area contributed by atoms with Gasteiger partial charge < -0.3 is 15.3 Å². The number of unbranched alkanes of at least 4 members (excludes halogenated alkanes) is 1. The van der Waals surface area contributed by atoms with Gasteiger partial charge in [-0.2, -0.15) is 5.26 Å². The summed E-state index contributed by atoms with van der Waals surface area (Å²) in [4.78, 5) is 15.0. The lowest BCUT2D eigenvalue weighted by molar-refractivity contribution is 0.0952. The van der Waals surface area contributed by atoms with Crippen molar-refractivity contribution in [2.75, 3.05) is 26.2 Å². The van der Waals surface area contributed by atoms with E-state index in [0.717, 1.165) is 72.8 Å². The maximum Gasteiger partial charge on any atom is 0.251 e. The molecule has 192 valence electrons. The van der Waals surface area contributed by atoms with Gasteiger partial charge in [-0.15, -0.1) is 0 Å². The van der Waals surface area contributed by atoms with Crippen molar-refractivity contribution >= 4 is 16.7 Å². The highest BCUT2D eigenvalue weighted by molar-refractivity contribution is 5.94. The zero-order valence-electron chi connectivity index (χ0n) is 21.6. The minimum absolute atomic E-state index is 0.0487. The second-order valence-corrected chi connectivity index (χ2v) is 10.1. The van der Waals surface area contributed by atoms with Crippen molar-refractivity contribution in [1.29, 1.82) is 5.26 Å². The molecule has 38 heavy (non-hydrogen) atoms. The van der Waals surface area contributed by atoms with Crippen LogP contribution in [0.25, 0.3) is 21.9 Å². The molecule has 0 atom stereocenters. The zero-order valence-corrected chi connectivity index (χ0v) is 21.6. The van der Waals surface area contributed by atoms with Crippen LogP contribution in [0, 0.1) is 11.3 Å². The Hall–Kier alpha value is -4.14. The van der Waals surface area contributed by atoms with Crippen LogP contribution in [0.4, 0.5) is 0 Å². The van der Waals surface area contributed by atoms with Gasteiger partial charge >= 0.3 is 0 Å². The standard InChI is InChI=1S/C33H33N3O2/c34-23-24-7-9-25(10-8-24)26-11-13-29(14-12-26)33(38)35-19-3-4-20-36-21-17-28(18-22-36)31-16-15-27-5-1-2-6-30(27)32(31)37/h1-2,5-16,28,37H,3-4,17-22H2,(H,35,38). The molecule has 1 amide bonds. The maximum absolute atomic E-state index is 12.5. The van der Waals surface area contributed by atoms with Crippen molar-refractivity contribution in [1.82, 2.24) is 10.2 Å². The van der Waals surface area contributed by atoms with Gasteiger partial charge in [0, 0.05) is 17.5 Å². The molecule has 5 rings (SSSR count). The number of carbonyl (C=O) groups is 1. The molecule has 1 heterocycles. The second-order valence-electron chi connectivity index (χ2n) is 10.1. The number of phenolic OH excluding ortho intramolecular Hbond substituents is 1. The summed E-state index contributed by atoms with van der Waals surface area (Å²) < 4.78 is 0. The Morgan fingerprint density at radius 2 is 1.58 bits per heavy atom. The molecule has 0 aliphatic carbocycles. The van der Waals surface area contributed by atoms with Gasteiger partial charge in [-0.25, -0.2) is 0 Å². The summed E-state index contributed by atoms with van der Waals surface area (Å²) in [6.45, 7) is 3.77. The van der Waals surface area contributed by atoms with Crippen LogP contribution >= 0.6 is 0 Å². The Labute approximate surface area is 224 Å². The van der Waals surface area contributed by atoms with Crippen LogP contribution in [0.3, 0.4) is 0 Å². The largest absolute Gasteiger partial charge is 0.507 e. The van der Waals surface area contributed by atoms with Gasteiger partial charge in [-0.05, 0) is 97.6 Å². The number of aromatic hydroxyl groups is 1. The molecule has 4 aromatic rings. The average molecular weight is 504 g/mol. The summed E-state index contributed by atoms with van der Waals surface area (Å²) in [5.41, 5.74) is 4.41. The Bertz CT molecular complexity index is 1430. The van der Waals surface area contributed by atoms with Crippen LogP contribution in [0.2, 0.25) is 0 Å². The number of fused-ring (bicyclic) bond motifs is 1. The van der Waals surface area contributed by atoms with Crippen LogP contribution in [-0.2, 0) is 0 Å². The number of nitrogens with zero attached hydrogens (tertiary/aromatic N) is 2. The van der Waals surface area contributed by atoms with Crippen LogP contribution in [0.5, 0.6) is 5.75 Å². The van der Waals surface area contributed by atoms with Gasteiger partial charge in [0.15, 0.2) is 0 Å². The first-order chi connectivity index (χ1) is 18.6. The molecule has 1 fully saturated rings. The predicted octanol–water partition coefficient (Wildman–Crippen LogP) is 6.47. The minimum Gasteiger partial charge on any atom is -0.507 e. The molecule has 4 aromatic carbocycles. The molecule has 0 saturated carbocycles. The molecule has 5 heteroatoms. The summed E-state index contributed by atoms with van der Waals surface area (Å²) in [5, 5.41) is 24.8. The van der Waals surface area contributed by atoms with Crippen molar-refractivity contribution in [2.24, 2.45) is 0 Å². The van der Waals surface area contributed by atoms with E-state index in [1.165, 1.54) is 0 Å². The summed E-state index contributed by atoms with van der Waals surface area (Å²) in [7, 11) is 0. The number of carbonyl (C=O) groups excluding carboxylic acids is 1. The molecule has 0 spiro atoms. The molecule has 1 aliphatic heterocycles. The lowest BCUT2D eigenvalue weighted by Crippen LogP contribution is -2.34. The van der Waals surface area contributed by atoms with E-state index in [9.17, 15) is 9.90 Å². The second kappa shape index (κ2) is 11.9. The quantitative estimate of drug-likeness (QED) is 0.270. The van der Waals surface area contributed by atoms with E-state index in [1.54, 1.807) is 12.1 Å². The topological polar surface area (TPSA) is 76.4 Å². The molecule has 0 bridgehead atoms. The Kier molecular flexibility index (Phi) is 8.01. The van der Waals surface area contributed by atoms with E-state index < -0.39 is 0 Å². The number of rotatable bonds is 8. The average Bonchev–Trinajstić information content (AvgIpc) is 2.98. The van der Waals surface area contributed by atoms with Crippen molar-refractivity contribution < 1.29 is 9.90 Å². The number of hydrogen-bond acceptors (Lipinski definition) is 4. The van der Waals surface area contributed by atoms with Crippen LogP contribution < -0.4 is 5.32 Å². The van der Waals surface area contributed by atoms with Gasteiger partial charge in [0.25, 0.3) is 5.91 Å². The van der Waals surface area contributed by atoms with Crippen LogP contribution in [0.1, 0.15) is 53.1 Å². The highest BCUT2D eigenvalue weighted by Crippen LogP contribution is 2.38. The minimum atomic E-state index is -0.0487. The van der Waals surface area contributed by atoms with Gasteiger partial charge in [-0.1, -0.05) is 60.7 Å². The van der Waals surface area contributed by atoms with E-state index in [-0.39, 0.29) is 5.91 Å². The number of hydrogen-bond donors (Lipinski definition) is 2. The lowest BCUT2D eigenvalue weighted by atomic mass is 9.87. The third kappa shape index (κ3) is 5.88. The first-order valence-electron chi connectivity index (χ1n) is 13.4. The normalized spacial score (nSPS) is 14.3.